The molecule has 1 aromatic carbocycles. The third-order valence-electron chi connectivity index (χ3n) is 3.20. The zero-order valence-corrected chi connectivity index (χ0v) is 12.1. The van der Waals surface area contributed by atoms with Gasteiger partial charge in [-0.1, -0.05) is 30.3 Å². The lowest BCUT2D eigenvalue weighted by Crippen LogP contribution is -2.29. The number of hydrogen-bond acceptors (Lipinski definition) is 3. The summed E-state index contributed by atoms with van der Waals surface area (Å²) >= 11 is 0. The first kappa shape index (κ1) is 14.8. The lowest BCUT2D eigenvalue weighted by Gasteiger charge is -2.10. The maximum atomic E-state index is 12.1. The number of nitrogens with zero attached hydrogens (tertiary/aromatic N) is 1. The monoisotopic (exact) mass is 286 g/mol. The molecule has 0 bridgehead atoms. The van der Waals surface area contributed by atoms with Crippen LogP contribution in [-0.4, -0.2) is 24.1 Å². The Balaban J connectivity index is 2.01. The molecule has 2 aromatic rings. The molecule has 0 aliphatic rings. The van der Waals surface area contributed by atoms with E-state index in [0.29, 0.717) is 12.2 Å². The second-order valence-electron chi connectivity index (χ2n) is 4.69. The summed E-state index contributed by atoms with van der Waals surface area (Å²) in [6, 6.07) is 11.2. The molecule has 0 fully saturated rings. The molecule has 5 heteroatoms. The number of pyridine rings is 1. The van der Waals surface area contributed by atoms with E-state index in [4.69, 9.17) is 4.74 Å². The minimum Gasteiger partial charge on any atom is -0.491 e. The van der Waals surface area contributed by atoms with E-state index in [2.05, 4.69) is 5.32 Å². The van der Waals surface area contributed by atoms with Crippen LogP contribution in [0.1, 0.15) is 16.1 Å². The molecule has 2 rings (SSSR count). The van der Waals surface area contributed by atoms with Crippen LogP contribution in [0.25, 0.3) is 0 Å². The summed E-state index contributed by atoms with van der Waals surface area (Å²) in [5.74, 6) is -0.0495. The molecule has 1 amide bonds. The van der Waals surface area contributed by atoms with Crippen LogP contribution in [0.3, 0.4) is 0 Å². The number of benzene rings is 1. The molecule has 0 aliphatic carbocycles. The van der Waals surface area contributed by atoms with Crippen molar-refractivity contribution in [2.45, 2.75) is 6.42 Å². The molecule has 0 radical (unpaired) electrons. The topological polar surface area (TPSA) is 60.3 Å². The highest BCUT2D eigenvalue weighted by Crippen LogP contribution is 2.05. The zero-order chi connectivity index (χ0) is 15.2. The SMILES string of the molecule is COc1cn(C)c(C(=O)NCCc2ccccc2)cc1=O. The van der Waals surface area contributed by atoms with Crippen LogP contribution >= 0.6 is 0 Å². The standard InChI is InChI=1S/C16H18N2O3/c1-18-11-15(21-2)14(19)10-13(18)16(20)17-9-8-12-6-4-3-5-7-12/h3-7,10-11H,8-9H2,1-2H3,(H,17,20). The van der Waals surface area contributed by atoms with Gasteiger partial charge < -0.3 is 14.6 Å². The smallest absolute Gasteiger partial charge is 0.268 e. The van der Waals surface area contributed by atoms with Crippen LogP contribution < -0.4 is 15.5 Å². The summed E-state index contributed by atoms with van der Waals surface area (Å²) in [5, 5.41) is 2.81. The van der Waals surface area contributed by atoms with Crippen molar-refractivity contribution in [3.05, 3.63) is 64.1 Å². The number of amides is 1. The first-order chi connectivity index (χ1) is 10.1. The van der Waals surface area contributed by atoms with Gasteiger partial charge >= 0.3 is 0 Å². The first-order valence-corrected chi connectivity index (χ1v) is 6.68. The molecule has 0 saturated carbocycles. The third kappa shape index (κ3) is 3.72. The predicted molar refractivity (Wildman–Crippen MR) is 80.7 cm³/mol. The fourth-order valence-corrected chi connectivity index (χ4v) is 2.04. The summed E-state index contributed by atoms with van der Waals surface area (Å²) in [4.78, 5) is 23.8. The fraction of sp³-hybridized carbons (Fsp3) is 0.250. The number of carbonyl (C=O) groups excluding carboxylic acids is 1. The number of nitrogens with one attached hydrogen (secondary N) is 1. The third-order valence-corrected chi connectivity index (χ3v) is 3.20. The molecular weight excluding hydrogens is 268 g/mol. The Bertz CT molecular complexity index is 678. The average Bonchev–Trinajstić information content (AvgIpc) is 2.50. The van der Waals surface area contributed by atoms with Crippen molar-refractivity contribution >= 4 is 5.91 Å². The molecule has 0 spiro atoms. The normalized spacial score (nSPS) is 10.2. The maximum Gasteiger partial charge on any atom is 0.268 e. The number of aryl methyl sites for hydroxylation is 1. The van der Waals surface area contributed by atoms with Gasteiger partial charge in [0.15, 0.2) is 5.75 Å². The van der Waals surface area contributed by atoms with Crippen molar-refractivity contribution < 1.29 is 9.53 Å². The summed E-state index contributed by atoms with van der Waals surface area (Å²) < 4.78 is 6.52. The van der Waals surface area contributed by atoms with E-state index in [1.807, 2.05) is 30.3 Å². The first-order valence-electron chi connectivity index (χ1n) is 6.68. The van der Waals surface area contributed by atoms with E-state index in [1.165, 1.54) is 19.4 Å². The number of carbonyl (C=O) groups is 1. The van der Waals surface area contributed by atoms with Gasteiger partial charge in [0.25, 0.3) is 5.91 Å². The summed E-state index contributed by atoms with van der Waals surface area (Å²) in [5.41, 5.74) is 1.17. The minimum atomic E-state index is -0.302. The number of aromatic nitrogens is 1. The number of hydrogen-bond donors (Lipinski definition) is 1. The number of rotatable bonds is 5. The van der Waals surface area contributed by atoms with Crippen LogP contribution in [0.15, 0.2) is 47.4 Å². The van der Waals surface area contributed by atoms with Gasteiger partial charge in [-0.2, -0.15) is 0 Å². The molecular formula is C16H18N2O3. The van der Waals surface area contributed by atoms with E-state index in [9.17, 15) is 9.59 Å². The van der Waals surface area contributed by atoms with E-state index < -0.39 is 0 Å². The maximum absolute atomic E-state index is 12.1. The van der Waals surface area contributed by atoms with Crippen molar-refractivity contribution in [2.75, 3.05) is 13.7 Å². The highest BCUT2D eigenvalue weighted by molar-refractivity contribution is 5.92. The molecule has 0 unspecified atom stereocenters. The molecule has 5 nitrogen and oxygen atoms in total. The van der Waals surface area contributed by atoms with Crippen molar-refractivity contribution in [1.29, 1.82) is 0 Å². The summed E-state index contributed by atoms with van der Waals surface area (Å²) in [6.07, 6.45) is 2.26. The zero-order valence-electron chi connectivity index (χ0n) is 12.1. The van der Waals surface area contributed by atoms with Crippen molar-refractivity contribution in [1.82, 2.24) is 9.88 Å². The van der Waals surface area contributed by atoms with Gasteiger partial charge in [0.05, 0.1) is 13.3 Å². The highest BCUT2D eigenvalue weighted by atomic mass is 16.5. The van der Waals surface area contributed by atoms with Crippen molar-refractivity contribution in [2.24, 2.45) is 7.05 Å². The molecule has 0 atom stereocenters. The predicted octanol–water partition coefficient (Wildman–Crippen LogP) is 1.37. The van der Waals surface area contributed by atoms with E-state index >= 15 is 0 Å². The van der Waals surface area contributed by atoms with Gasteiger partial charge in [0, 0.05) is 19.7 Å². The summed E-state index contributed by atoms with van der Waals surface area (Å²) in [7, 11) is 3.13. The molecule has 21 heavy (non-hydrogen) atoms. The van der Waals surface area contributed by atoms with Crippen LogP contribution in [0, 0.1) is 0 Å². The molecule has 1 N–H and O–H groups in total. The van der Waals surface area contributed by atoms with E-state index in [1.54, 1.807) is 11.6 Å². The lowest BCUT2D eigenvalue weighted by atomic mass is 10.1. The highest BCUT2D eigenvalue weighted by Gasteiger charge is 2.11. The molecule has 1 aromatic heterocycles. The van der Waals surface area contributed by atoms with Crippen molar-refractivity contribution in [3.63, 3.8) is 0 Å². The van der Waals surface area contributed by atoms with Gasteiger partial charge in [-0.05, 0) is 12.0 Å². The number of ether oxygens (including phenoxy) is 1. The Morgan fingerprint density at radius 1 is 1.29 bits per heavy atom. The fourth-order valence-electron chi connectivity index (χ4n) is 2.04. The average molecular weight is 286 g/mol. The Hall–Kier alpha value is -2.56. The van der Waals surface area contributed by atoms with E-state index in [0.717, 1.165) is 12.0 Å². The van der Waals surface area contributed by atoms with Crippen LogP contribution in [0.2, 0.25) is 0 Å². The molecule has 110 valence electrons. The Morgan fingerprint density at radius 2 is 2.00 bits per heavy atom. The van der Waals surface area contributed by atoms with Gasteiger partial charge in [0.1, 0.15) is 5.69 Å². The second-order valence-corrected chi connectivity index (χ2v) is 4.69. The lowest BCUT2D eigenvalue weighted by molar-refractivity contribution is 0.0945. The van der Waals surface area contributed by atoms with E-state index in [-0.39, 0.29) is 17.1 Å². The van der Waals surface area contributed by atoms with Gasteiger partial charge in [-0.3, -0.25) is 9.59 Å². The van der Waals surface area contributed by atoms with Gasteiger partial charge in [0.2, 0.25) is 5.43 Å². The quantitative estimate of drug-likeness (QED) is 0.903. The Morgan fingerprint density at radius 3 is 2.67 bits per heavy atom. The second kappa shape index (κ2) is 6.74. The van der Waals surface area contributed by atoms with Crippen LogP contribution in [0.4, 0.5) is 0 Å². The van der Waals surface area contributed by atoms with Crippen LogP contribution in [0.5, 0.6) is 5.75 Å². The largest absolute Gasteiger partial charge is 0.491 e. The Labute approximate surface area is 123 Å². The Kier molecular flexibility index (Phi) is 4.77. The summed E-state index contributed by atoms with van der Waals surface area (Å²) in [6.45, 7) is 0.517. The van der Waals surface area contributed by atoms with Crippen LogP contribution in [-0.2, 0) is 13.5 Å². The minimum absolute atomic E-state index is 0.221. The van der Waals surface area contributed by atoms with Gasteiger partial charge in [-0.15, -0.1) is 0 Å². The molecule has 0 aliphatic heterocycles. The van der Waals surface area contributed by atoms with Gasteiger partial charge in [-0.25, -0.2) is 0 Å². The number of methoxy groups -OCH3 is 1. The molecule has 1 heterocycles. The molecule has 0 saturated heterocycles. The van der Waals surface area contributed by atoms with Crippen molar-refractivity contribution in [3.8, 4) is 5.75 Å².